The summed E-state index contributed by atoms with van der Waals surface area (Å²) < 4.78 is 0. The first-order valence-electron chi connectivity index (χ1n) is 6.41. The smallest absolute Gasteiger partial charge is 0.0584 e. The predicted molar refractivity (Wildman–Crippen MR) is 70.9 cm³/mol. The minimum absolute atomic E-state index is 0.368. The summed E-state index contributed by atoms with van der Waals surface area (Å²) in [5, 5.41) is 3.36. The van der Waals surface area contributed by atoms with Crippen LogP contribution in [0.2, 0.25) is 0 Å². The van der Waals surface area contributed by atoms with Gasteiger partial charge < -0.3 is 10.2 Å². The van der Waals surface area contributed by atoms with Crippen LogP contribution >= 0.6 is 0 Å². The van der Waals surface area contributed by atoms with Gasteiger partial charge >= 0.3 is 0 Å². The molecule has 0 spiro atoms. The zero-order valence-electron chi connectivity index (χ0n) is 11.1. The van der Waals surface area contributed by atoms with E-state index in [-0.39, 0.29) is 0 Å². The second-order valence-electron chi connectivity index (χ2n) is 5.37. The maximum atomic E-state index is 4.56. The molecule has 1 N–H and O–H groups in total. The highest BCUT2D eigenvalue weighted by Crippen LogP contribution is 2.51. The summed E-state index contributed by atoms with van der Waals surface area (Å²) in [5.74, 6) is 0. The van der Waals surface area contributed by atoms with E-state index in [1.54, 1.807) is 0 Å². The highest BCUT2D eigenvalue weighted by atomic mass is 15.1. The first-order valence-corrected chi connectivity index (χ1v) is 6.41. The van der Waals surface area contributed by atoms with Gasteiger partial charge in [-0.1, -0.05) is 12.5 Å². The van der Waals surface area contributed by atoms with Crippen molar-refractivity contribution in [1.82, 2.24) is 15.2 Å². The van der Waals surface area contributed by atoms with Gasteiger partial charge in [-0.2, -0.15) is 0 Å². The highest BCUT2D eigenvalue weighted by Gasteiger charge is 2.45. The molecule has 1 aromatic heterocycles. The average Bonchev–Trinajstić information content (AvgIpc) is 2.27. The lowest BCUT2D eigenvalue weighted by atomic mass is 9.62. The van der Waals surface area contributed by atoms with Crippen molar-refractivity contribution < 1.29 is 0 Å². The maximum Gasteiger partial charge on any atom is 0.0584 e. The third-order valence-corrected chi connectivity index (χ3v) is 3.94. The van der Waals surface area contributed by atoms with Crippen LogP contribution in [0.4, 0.5) is 0 Å². The fraction of sp³-hybridized carbons (Fsp3) is 0.643. The molecule has 0 aliphatic heterocycles. The van der Waals surface area contributed by atoms with Gasteiger partial charge in [-0.05, 0) is 46.1 Å². The number of pyridine rings is 1. The van der Waals surface area contributed by atoms with Crippen molar-refractivity contribution in [2.45, 2.75) is 25.3 Å². The van der Waals surface area contributed by atoms with E-state index in [1.165, 1.54) is 25.0 Å². The number of nitrogens with one attached hydrogen (secondary N) is 1. The van der Waals surface area contributed by atoms with Gasteiger partial charge in [0.05, 0.1) is 11.7 Å². The van der Waals surface area contributed by atoms with Crippen LogP contribution in [0.1, 0.15) is 31.0 Å². The van der Waals surface area contributed by atoms with E-state index in [2.05, 4.69) is 41.4 Å². The van der Waals surface area contributed by atoms with Crippen LogP contribution in [0.25, 0.3) is 0 Å². The Morgan fingerprint density at radius 3 is 2.59 bits per heavy atom. The van der Waals surface area contributed by atoms with Crippen molar-refractivity contribution in [2.24, 2.45) is 5.41 Å². The Kier molecular flexibility index (Phi) is 3.79. The summed E-state index contributed by atoms with van der Waals surface area (Å²) in [5.41, 5.74) is 1.57. The van der Waals surface area contributed by atoms with Crippen LogP contribution in [0.3, 0.4) is 0 Å². The average molecular weight is 233 g/mol. The molecule has 1 fully saturated rings. The molecule has 3 nitrogen and oxygen atoms in total. The molecule has 1 saturated carbocycles. The van der Waals surface area contributed by atoms with Gasteiger partial charge in [0, 0.05) is 18.2 Å². The molecule has 1 aliphatic rings. The first-order chi connectivity index (χ1) is 8.19. The zero-order valence-corrected chi connectivity index (χ0v) is 11.1. The van der Waals surface area contributed by atoms with Crippen molar-refractivity contribution in [1.29, 1.82) is 0 Å². The SMILES string of the molecule is CNCC1(C(c2ccccn2)N(C)C)CCC1. The highest BCUT2D eigenvalue weighted by molar-refractivity contribution is 5.15. The molecule has 0 amide bonds. The second kappa shape index (κ2) is 5.15. The van der Waals surface area contributed by atoms with Crippen molar-refractivity contribution in [3.8, 4) is 0 Å². The summed E-state index contributed by atoms with van der Waals surface area (Å²) in [4.78, 5) is 6.88. The van der Waals surface area contributed by atoms with E-state index in [9.17, 15) is 0 Å². The largest absolute Gasteiger partial charge is 0.319 e. The van der Waals surface area contributed by atoms with Crippen LogP contribution in [-0.2, 0) is 0 Å². The van der Waals surface area contributed by atoms with Crippen molar-refractivity contribution in [3.05, 3.63) is 30.1 Å². The normalized spacial score (nSPS) is 20.0. The summed E-state index contributed by atoms with van der Waals surface area (Å²) in [6.07, 6.45) is 5.84. The molecule has 1 aromatic rings. The number of hydrogen-bond acceptors (Lipinski definition) is 3. The van der Waals surface area contributed by atoms with Gasteiger partial charge in [-0.15, -0.1) is 0 Å². The summed E-state index contributed by atoms with van der Waals surface area (Å²) in [6.45, 7) is 1.08. The molecule has 1 heterocycles. The van der Waals surface area contributed by atoms with Gasteiger partial charge in [0.1, 0.15) is 0 Å². The van der Waals surface area contributed by atoms with Gasteiger partial charge in [0.25, 0.3) is 0 Å². The van der Waals surface area contributed by atoms with Crippen LogP contribution in [0, 0.1) is 5.41 Å². The fourth-order valence-corrected chi connectivity index (χ4v) is 3.19. The third kappa shape index (κ3) is 2.35. The van der Waals surface area contributed by atoms with E-state index in [4.69, 9.17) is 0 Å². The molecule has 1 atom stereocenters. The third-order valence-electron chi connectivity index (χ3n) is 3.94. The van der Waals surface area contributed by atoms with Crippen molar-refractivity contribution >= 4 is 0 Å². The molecular formula is C14H23N3. The van der Waals surface area contributed by atoms with E-state index in [0.29, 0.717) is 11.5 Å². The number of aromatic nitrogens is 1. The molecule has 17 heavy (non-hydrogen) atoms. The van der Waals surface area contributed by atoms with Crippen LogP contribution in [-0.4, -0.2) is 37.6 Å². The van der Waals surface area contributed by atoms with E-state index < -0.39 is 0 Å². The molecule has 0 radical (unpaired) electrons. The molecule has 0 bridgehead atoms. The Bertz CT molecular complexity index is 344. The molecule has 0 aromatic carbocycles. The maximum absolute atomic E-state index is 4.56. The minimum atomic E-state index is 0.368. The Labute approximate surface area is 104 Å². The monoisotopic (exact) mass is 233 g/mol. The number of nitrogens with zero attached hydrogens (tertiary/aromatic N) is 2. The first kappa shape index (κ1) is 12.5. The predicted octanol–water partition coefficient (Wildman–Crippen LogP) is 2.07. The summed E-state index contributed by atoms with van der Waals surface area (Å²) in [7, 11) is 6.37. The van der Waals surface area contributed by atoms with Gasteiger partial charge in [0.2, 0.25) is 0 Å². The molecule has 1 unspecified atom stereocenters. The second-order valence-corrected chi connectivity index (χ2v) is 5.37. The van der Waals surface area contributed by atoms with Gasteiger partial charge in [0.15, 0.2) is 0 Å². The molecule has 3 heteroatoms. The van der Waals surface area contributed by atoms with Crippen LogP contribution in [0.15, 0.2) is 24.4 Å². The lowest BCUT2D eigenvalue weighted by Crippen LogP contribution is -2.48. The van der Waals surface area contributed by atoms with E-state index in [0.717, 1.165) is 6.54 Å². The van der Waals surface area contributed by atoms with Crippen LogP contribution < -0.4 is 5.32 Å². The molecule has 1 aliphatic carbocycles. The van der Waals surface area contributed by atoms with E-state index >= 15 is 0 Å². The molecule has 0 saturated heterocycles. The molecule has 2 rings (SSSR count). The standard InChI is InChI=1S/C14H23N3/c1-15-11-14(8-6-9-14)13(17(2)3)12-7-4-5-10-16-12/h4-5,7,10,13,15H,6,8-9,11H2,1-3H3. The summed E-state index contributed by atoms with van der Waals surface area (Å²) in [6, 6.07) is 6.65. The van der Waals surface area contributed by atoms with Crippen LogP contribution in [0.5, 0.6) is 0 Å². The Morgan fingerprint density at radius 2 is 2.18 bits per heavy atom. The van der Waals surface area contributed by atoms with Gasteiger partial charge in [-0.25, -0.2) is 0 Å². The number of hydrogen-bond donors (Lipinski definition) is 1. The van der Waals surface area contributed by atoms with E-state index in [1.807, 2.05) is 19.3 Å². The zero-order chi connectivity index (χ0) is 12.3. The van der Waals surface area contributed by atoms with Crippen molar-refractivity contribution in [3.63, 3.8) is 0 Å². The number of rotatable bonds is 5. The Hall–Kier alpha value is -0.930. The van der Waals surface area contributed by atoms with Gasteiger partial charge in [-0.3, -0.25) is 4.98 Å². The van der Waals surface area contributed by atoms with Crippen molar-refractivity contribution in [2.75, 3.05) is 27.7 Å². The quantitative estimate of drug-likeness (QED) is 0.844. The topological polar surface area (TPSA) is 28.2 Å². The summed E-state index contributed by atoms with van der Waals surface area (Å²) >= 11 is 0. The fourth-order valence-electron chi connectivity index (χ4n) is 3.19. The Balaban J connectivity index is 2.29. The minimum Gasteiger partial charge on any atom is -0.319 e. The Morgan fingerprint density at radius 1 is 1.41 bits per heavy atom. The lowest BCUT2D eigenvalue weighted by Gasteiger charge is -2.50. The molecule has 94 valence electrons. The lowest BCUT2D eigenvalue weighted by molar-refractivity contribution is 0.0193. The molecular weight excluding hydrogens is 210 g/mol.